The maximum absolute atomic E-state index is 11.8. The molecule has 0 saturated carbocycles. The molecule has 90 valence electrons. The Balaban J connectivity index is 3.89. The first-order valence-electron chi connectivity index (χ1n) is 4.82. The van der Waals surface area contributed by atoms with Crippen LogP contribution in [0.4, 0.5) is 13.2 Å². The van der Waals surface area contributed by atoms with Crippen LogP contribution >= 0.6 is 0 Å². The first-order valence-corrected chi connectivity index (χ1v) is 4.82. The van der Waals surface area contributed by atoms with Gasteiger partial charge in [0, 0.05) is 26.1 Å². The van der Waals surface area contributed by atoms with Crippen molar-refractivity contribution in [1.82, 2.24) is 4.90 Å². The van der Waals surface area contributed by atoms with E-state index in [-0.39, 0.29) is 24.9 Å². The van der Waals surface area contributed by atoms with Gasteiger partial charge in [-0.2, -0.15) is 13.2 Å². The second kappa shape index (κ2) is 5.95. The summed E-state index contributed by atoms with van der Waals surface area (Å²) in [5.74, 6) is -0.339. The molecule has 6 heteroatoms. The van der Waals surface area contributed by atoms with Crippen LogP contribution in [-0.4, -0.2) is 36.6 Å². The number of amides is 1. The molecule has 1 unspecified atom stereocenters. The lowest BCUT2D eigenvalue weighted by Gasteiger charge is -2.19. The zero-order valence-corrected chi connectivity index (χ0v) is 8.97. The second-order valence-corrected chi connectivity index (χ2v) is 3.55. The average molecular weight is 226 g/mol. The number of hydrogen-bond donors (Lipinski definition) is 1. The quantitative estimate of drug-likeness (QED) is 0.772. The Morgan fingerprint density at radius 1 is 1.47 bits per heavy atom. The van der Waals surface area contributed by atoms with Crippen molar-refractivity contribution in [3.63, 3.8) is 0 Å². The number of hydrogen-bond acceptors (Lipinski definition) is 2. The summed E-state index contributed by atoms with van der Waals surface area (Å²) in [6.45, 7) is 1.52. The molecule has 1 atom stereocenters. The van der Waals surface area contributed by atoms with Gasteiger partial charge < -0.3 is 10.6 Å². The zero-order chi connectivity index (χ0) is 12.1. The molecule has 15 heavy (non-hydrogen) atoms. The van der Waals surface area contributed by atoms with E-state index in [4.69, 9.17) is 5.73 Å². The SMILES string of the molecule is CCC(N)CC(=O)N(C)CCC(F)(F)F. The van der Waals surface area contributed by atoms with Crippen LogP contribution in [0.5, 0.6) is 0 Å². The molecule has 0 aromatic rings. The smallest absolute Gasteiger partial charge is 0.345 e. The molecule has 0 aliphatic heterocycles. The van der Waals surface area contributed by atoms with Crippen molar-refractivity contribution in [2.45, 2.75) is 38.4 Å². The molecule has 0 rings (SSSR count). The van der Waals surface area contributed by atoms with Gasteiger partial charge in [0.15, 0.2) is 0 Å². The third kappa shape index (κ3) is 7.18. The maximum Gasteiger partial charge on any atom is 0.390 e. The van der Waals surface area contributed by atoms with E-state index in [0.29, 0.717) is 6.42 Å². The summed E-state index contributed by atoms with van der Waals surface area (Å²) in [4.78, 5) is 12.4. The second-order valence-electron chi connectivity index (χ2n) is 3.55. The van der Waals surface area contributed by atoms with E-state index in [1.54, 1.807) is 0 Å². The van der Waals surface area contributed by atoms with Crippen molar-refractivity contribution in [1.29, 1.82) is 0 Å². The summed E-state index contributed by atoms with van der Waals surface area (Å²) < 4.78 is 35.5. The topological polar surface area (TPSA) is 46.3 Å². The number of alkyl halides is 3. The standard InChI is InChI=1S/C9H17F3N2O/c1-3-7(13)6-8(15)14(2)5-4-9(10,11)12/h7H,3-6,13H2,1-2H3. The minimum Gasteiger partial charge on any atom is -0.345 e. The molecule has 0 radical (unpaired) electrons. The van der Waals surface area contributed by atoms with Gasteiger partial charge in [-0.3, -0.25) is 4.79 Å². The largest absolute Gasteiger partial charge is 0.390 e. The fourth-order valence-corrected chi connectivity index (χ4v) is 0.944. The number of carbonyl (C=O) groups excluding carboxylic acids is 1. The Bertz CT molecular complexity index is 206. The summed E-state index contributed by atoms with van der Waals surface area (Å²) >= 11 is 0. The Kier molecular flexibility index (Phi) is 5.64. The van der Waals surface area contributed by atoms with Crippen molar-refractivity contribution < 1.29 is 18.0 Å². The van der Waals surface area contributed by atoms with Crippen LogP contribution in [0.25, 0.3) is 0 Å². The van der Waals surface area contributed by atoms with Gasteiger partial charge in [0.05, 0.1) is 6.42 Å². The van der Waals surface area contributed by atoms with E-state index in [0.717, 1.165) is 4.90 Å². The summed E-state index contributed by atoms with van der Waals surface area (Å²) in [7, 11) is 1.36. The predicted molar refractivity (Wildman–Crippen MR) is 51.2 cm³/mol. The lowest BCUT2D eigenvalue weighted by Crippen LogP contribution is -2.35. The van der Waals surface area contributed by atoms with Crippen molar-refractivity contribution in [2.75, 3.05) is 13.6 Å². The molecular formula is C9H17F3N2O. The monoisotopic (exact) mass is 226 g/mol. The molecule has 0 saturated heterocycles. The van der Waals surface area contributed by atoms with Gasteiger partial charge in [-0.15, -0.1) is 0 Å². The van der Waals surface area contributed by atoms with Gasteiger partial charge in [0.25, 0.3) is 0 Å². The van der Waals surface area contributed by atoms with Crippen LogP contribution in [0.3, 0.4) is 0 Å². The summed E-state index contributed by atoms with van der Waals surface area (Å²) in [6.07, 6.45) is -4.46. The highest BCUT2D eigenvalue weighted by Gasteiger charge is 2.28. The molecule has 3 nitrogen and oxygen atoms in total. The highest BCUT2D eigenvalue weighted by atomic mass is 19.4. The van der Waals surface area contributed by atoms with Crippen LogP contribution in [0, 0.1) is 0 Å². The molecule has 0 aliphatic rings. The number of nitrogens with zero attached hydrogens (tertiary/aromatic N) is 1. The van der Waals surface area contributed by atoms with Crippen molar-refractivity contribution in [3.05, 3.63) is 0 Å². The lowest BCUT2D eigenvalue weighted by atomic mass is 10.1. The lowest BCUT2D eigenvalue weighted by molar-refractivity contribution is -0.144. The van der Waals surface area contributed by atoms with Crippen molar-refractivity contribution in [3.8, 4) is 0 Å². The van der Waals surface area contributed by atoms with Gasteiger partial charge in [-0.1, -0.05) is 6.92 Å². The van der Waals surface area contributed by atoms with E-state index in [2.05, 4.69) is 0 Å². The van der Waals surface area contributed by atoms with Crippen LogP contribution < -0.4 is 5.73 Å². The van der Waals surface area contributed by atoms with Crippen LogP contribution in [0.1, 0.15) is 26.2 Å². The molecule has 0 aromatic carbocycles. The number of halogens is 3. The highest BCUT2D eigenvalue weighted by Crippen LogP contribution is 2.19. The number of nitrogens with two attached hydrogens (primary N) is 1. The van der Waals surface area contributed by atoms with Crippen LogP contribution in [0.2, 0.25) is 0 Å². The minimum absolute atomic E-state index is 0.102. The molecule has 0 spiro atoms. The Labute approximate surface area is 87.4 Å². The molecule has 0 aliphatic carbocycles. The third-order valence-electron chi connectivity index (χ3n) is 2.12. The Hall–Kier alpha value is -0.780. The molecule has 2 N–H and O–H groups in total. The van der Waals surface area contributed by atoms with Crippen LogP contribution in [-0.2, 0) is 4.79 Å². The Morgan fingerprint density at radius 3 is 2.40 bits per heavy atom. The molecule has 0 bridgehead atoms. The molecule has 0 aromatic heterocycles. The van der Waals surface area contributed by atoms with E-state index < -0.39 is 12.6 Å². The third-order valence-corrected chi connectivity index (χ3v) is 2.12. The summed E-state index contributed by atoms with van der Waals surface area (Å²) in [5, 5.41) is 0. The average Bonchev–Trinajstić information content (AvgIpc) is 2.12. The van der Waals surface area contributed by atoms with Gasteiger partial charge >= 0.3 is 6.18 Å². The van der Waals surface area contributed by atoms with E-state index in [1.165, 1.54) is 7.05 Å². The zero-order valence-electron chi connectivity index (χ0n) is 8.97. The maximum atomic E-state index is 11.8. The van der Waals surface area contributed by atoms with Crippen molar-refractivity contribution >= 4 is 5.91 Å². The van der Waals surface area contributed by atoms with Crippen LogP contribution in [0.15, 0.2) is 0 Å². The summed E-state index contributed by atoms with van der Waals surface area (Å²) in [6, 6.07) is -0.272. The van der Waals surface area contributed by atoms with E-state index in [1.807, 2.05) is 6.92 Å². The fraction of sp³-hybridized carbons (Fsp3) is 0.889. The summed E-state index contributed by atoms with van der Waals surface area (Å²) in [5.41, 5.74) is 5.52. The Morgan fingerprint density at radius 2 is 2.00 bits per heavy atom. The fourth-order valence-electron chi connectivity index (χ4n) is 0.944. The molecule has 1 amide bonds. The van der Waals surface area contributed by atoms with E-state index in [9.17, 15) is 18.0 Å². The first kappa shape index (κ1) is 14.2. The van der Waals surface area contributed by atoms with Crippen molar-refractivity contribution in [2.24, 2.45) is 5.73 Å². The predicted octanol–water partition coefficient (Wildman–Crippen LogP) is 1.52. The van der Waals surface area contributed by atoms with E-state index >= 15 is 0 Å². The highest BCUT2D eigenvalue weighted by molar-refractivity contribution is 5.76. The molecule has 0 fully saturated rings. The van der Waals surface area contributed by atoms with Gasteiger partial charge in [-0.25, -0.2) is 0 Å². The number of carbonyl (C=O) groups is 1. The molecular weight excluding hydrogens is 209 g/mol. The van der Waals surface area contributed by atoms with Gasteiger partial charge in [-0.05, 0) is 6.42 Å². The first-order chi connectivity index (χ1) is 6.76. The minimum atomic E-state index is -4.22. The van der Waals surface area contributed by atoms with Gasteiger partial charge in [0.2, 0.25) is 5.91 Å². The van der Waals surface area contributed by atoms with Gasteiger partial charge in [0.1, 0.15) is 0 Å². The number of rotatable bonds is 5. The molecule has 0 heterocycles. The normalized spacial score (nSPS) is 13.7.